The Kier molecular flexibility index (Phi) is 4.40. The summed E-state index contributed by atoms with van der Waals surface area (Å²) in [5, 5.41) is 4.09. The van der Waals surface area contributed by atoms with Gasteiger partial charge in [0.2, 0.25) is 0 Å². The third kappa shape index (κ3) is 3.72. The van der Waals surface area contributed by atoms with Crippen molar-refractivity contribution in [3.8, 4) is 0 Å². The Balaban J connectivity index is 1.92. The molecule has 0 aliphatic carbocycles. The standard InChI is InChI=1S/C13H12BrClN2/c14-12-2-1-11(15)9-13(12)17-8-5-10-3-6-16-7-4-10/h1-4,6-7,9,17H,5,8H2. The predicted octanol–water partition coefficient (Wildman–Crippen LogP) is 4.15. The van der Waals surface area contributed by atoms with Crippen LogP contribution in [0, 0.1) is 0 Å². The number of hydrogen-bond donors (Lipinski definition) is 1. The van der Waals surface area contributed by atoms with E-state index in [1.807, 2.05) is 42.7 Å². The van der Waals surface area contributed by atoms with Crippen LogP contribution in [0.1, 0.15) is 5.56 Å². The molecule has 0 bridgehead atoms. The van der Waals surface area contributed by atoms with Crippen LogP contribution in [0.15, 0.2) is 47.2 Å². The number of hydrogen-bond acceptors (Lipinski definition) is 2. The van der Waals surface area contributed by atoms with Crippen molar-refractivity contribution in [3.63, 3.8) is 0 Å². The summed E-state index contributed by atoms with van der Waals surface area (Å²) in [5.74, 6) is 0. The van der Waals surface area contributed by atoms with E-state index in [0.29, 0.717) is 0 Å². The fourth-order valence-corrected chi connectivity index (χ4v) is 2.08. The second-order valence-corrected chi connectivity index (χ2v) is 4.95. The third-order valence-corrected chi connectivity index (χ3v) is 3.33. The Bertz CT molecular complexity index is 488. The summed E-state index contributed by atoms with van der Waals surface area (Å²) < 4.78 is 1.02. The van der Waals surface area contributed by atoms with E-state index in [9.17, 15) is 0 Å². The molecular formula is C13H12BrClN2. The summed E-state index contributed by atoms with van der Waals surface area (Å²) in [7, 11) is 0. The average molecular weight is 312 g/mol. The van der Waals surface area contributed by atoms with E-state index in [4.69, 9.17) is 11.6 Å². The first-order chi connectivity index (χ1) is 8.25. The van der Waals surface area contributed by atoms with Gasteiger partial charge in [-0.25, -0.2) is 0 Å². The molecule has 0 fully saturated rings. The Morgan fingerprint density at radius 3 is 2.71 bits per heavy atom. The molecule has 0 aliphatic heterocycles. The van der Waals surface area contributed by atoms with E-state index in [2.05, 4.69) is 26.2 Å². The quantitative estimate of drug-likeness (QED) is 0.917. The molecule has 2 rings (SSSR count). The van der Waals surface area contributed by atoms with Gasteiger partial charge in [-0.15, -0.1) is 0 Å². The average Bonchev–Trinajstić information content (AvgIpc) is 2.35. The number of nitrogens with one attached hydrogen (secondary N) is 1. The van der Waals surface area contributed by atoms with E-state index >= 15 is 0 Å². The zero-order chi connectivity index (χ0) is 12.1. The Morgan fingerprint density at radius 1 is 1.18 bits per heavy atom. The van der Waals surface area contributed by atoms with Gasteiger partial charge in [0.1, 0.15) is 0 Å². The van der Waals surface area contributed by atoms with E-state index < -0.39 is 0 Å². The highest BCUT2D eigenvalue weighted by Crippen LogP contribution is 2.25. The molecule has 4 heteroatoms. The Hall–Kier alpha value is -1.06. The molecule has 88 valence electrons. The molecule has 1 aromatic heterocycles. The van der Waals surface area contributed by atoms with Gasteiger partial charge in [-0.2, -0.15) is 0 Å². The summed E-state index contributed by atoms with van der Waals surface area (Å²) in [6, 6.07) is 9.76. The van der Waals surface area contributed by atoms with Crippen molar-refractivity contribution in [2.24, 2.45) is 0 Å². The van der Waals surface area contributed by atoms with Gasteiger partial charge in [0.25, 0.3) is 0 Å². The molecule has 1 N–H and O–H groups in total. The molecule has 0 saturated carbocycles. The lowest BCUT2D eigenvalue weighted by Gasteiger charge is -2.08. The molecule has 1 heterocycles. The Labute approximate surface area is 114 Å². The minimum absolute atomic E-state index is 0.736. The smallest absolute Gasteiger partial charge is 0.0499 e. The molecule has 2 nitrogen and oxygen atoms in total. The van der Waals surface area contributed by atoms with E-state index in [-0.39, 0.29) is 0 Å². The van der Waals surface area contributed by atoms with Crippen LogP contribution in [-0.4, -0.2) is 11.5 Å². The lowest BCUT2D eigenvalue weighted by atomic mass is 10.2. The van der Waals surface area contributed by atoms with Gasteiger partial charge < -0.3 is 5.32 Å². The van der Waals surface area contributed by atoms with E-state index in [1.165, 1.54) is 5.56 Å². The highest BCUT2D eigenvalue weighted by atomic mass is 79.9. The van der Waals surface area contributed by atoms with Crippen LogP contribution in [0.5, 0.6) is 0 Å². The number of pyridine rings is 1. The maximum atomic E-state index is 5.94. The maximum Gasteiger partial charge on any atom is 0.0499 e. The summed E-state index contributed by atoms with van der Waals surface area (Å²) in [6.45, 7) is 0.864. The van der Waals surface area contributed by atoms with Crippen molar-refractivity contribution >= 4 is 33.2 Å². The van der Waals surface area contributed by atoms with Gasteiger partial charge in [-0.1, -0.05) is 11.6 Å². The van der Waals surface area contributed by atoms with Crippen LogP contribution in [0.25, 0.3) is 0 Å². The fraction of sp³-hybridized carbons (Fsp3) is 0.154. The first-order valence-corrected chi connectivity index (χ1v) is 6.50. The molecule has 0 radical (unpaired) electrons. The summed E-state index contributed by atoms with van der Waals surface area (Å²) in [6.07, 6.45) is 4.58. The van der Waals surface area contributed by atoms with Crippen molar-refractivity contribution in [1.29, 1.82) is 0 Å². The largest absolute Gasteiger partial charge is 0.384 e. The normalized spacial score (nSPS) is 10.2. The number of aromatic nitrogens is 1. The third-order valence-electron chi connectivity index (χ3n) is 2.41. The minimum Gasteiger partial charge on any atom is -0.384 e. The number of halogens is 2. The highest BCUT2D eigenvalue weighted by molar-refractivity contribution is 9.10. The number of nitrogens with zero attached hydrogens (tertiary/aromatic N) is 1. The topological polar surface area (TPSA) is 24.9 Å². The minimum atomic E-state index is 0.736. The van der Waals surface area contributed by atoms with Crippen LogP contribution < -0.4 is 5.32 Å². The summed E-state index contributed by atoms with van der Waals surface area (Å²) >= 11 is 9.43. The maximum absolute atomic E-state index is 5.94. The molecule has 2 aromatic rings. The summed E-state index contributed by atoms with van der Waals surface area (Å²) in [4.78, 5) is 3.99. The second-order valence-electron chi connectivity index (χ2n) is 3.66. The first-order valence-electron chi connectivity index (χ1n) is 5.33. The lowest BCUT2D eigenvalue weighted by molar-refractivity contribution is 1.01. The highest BCUT2D eigenvalue weighted by Gasteiger charge is 2.00. The first kappa shape index (κ1) is 12.4. The zero-order valence-electron chi connectivity index (χ0n) is 9.16. The molecule has 0 saturated heterocycles. The molecule has 0 unspecified atom stereocenters. The van der Waals surface area contributed by atoms with Crippen molar-refractivity contribution in [2.45, 2.75) is 6.42 Å². The van der Waals surface area contributed by atoms with Crippen molar-refractivity contribution < 1.29 is 0 Å². The number of anilines is 1. The van der Waals surface area contributed by atoms with Gasteiger partial charge >= 0.3 is 0 Å². The SMILES string of the molecule is Clc1ccc(Br)c(NCCc2ccncc2)c1. The zero-order valence-corrected chi connectivity index (χ0v) is 11.5. The number of benzene rings is 1. The predicted molar refractivity (Wildman–Crippen MR) is 75.6 cm³/mol. The lowest BCUT2D eigenvalue weighted by Crippen LogP contribution is -2.05. The van der Waals surface area contributed by atoms with Crippen molar-refractivity contribution in [2.75, 3.05) is 11.9 Å². The second kappa shape index (κ2) is 6.03. The molecule has 1 aromatic carbocycles. The van der Waals surface area contributed by atoms with Crippen LogP contribution in [0.3, 0.4) is 0 Å². The monoisotopic (exact) mass is 310 g/mol. The van der Waals surface area contributed by atoms with Gasteiger partial charge in [-0.05, 0) is 58.2 Å². The molecule has 17 heavy (non-hydrogen) atoms. The van der Waals surface area contributed by atoms with Crippen LogP contribution in [0.4, 0.5) is 5.69 Å². The molecule has 0 atom stereocenters. The van der Waals surface area contributed by atoms with Crippen LogP contribution >= 0.6 is 27.5 Å². The number of rotatable bonds is 4. The molecular weight excluding hydrogens is 300 g/mol. The van der Waals surface area contributed by atoms with E-state index in [0.717, 1.165) is 28.1 Å². The Morgan fingerprint density at radius 2 is 1.94 bits per heavy atom. The van der Waals surface area contributed by atoms with Gasteiger partial charge in [-0.3, -0.25) is 4.98 Å². The van der Waals surface area contributed by atoms with E-state index in [1.54, 1.807) is 0 Å². The molecule has 0 aliphatic rings. The van der Waals surface area contributed by atoms with Gasteiger partial charge in [0, 0.05) is 34.1 Å². The fourth-order valence-electron chi connectivity index (χ4n) is 1.52. The van der Waals surface area contributed by atoms with Gasteiger partial charge in [0.05, 0.1) is 0 Å². The molecule has 0 amide bonds. The van der Waals surface area contributed by atoms with Crippen molar-refractivity contribution in [3.05, 3.63) is 57.8 Å². The molecule has 0 spiro atoms. The van der Waals surface area contributed by atoms with Crippen LogP contribution in [-0.2, 0) is 6.42 Å². The summed E-state index contributed by atoms with van der Waals surface area (Å²) in [5.41, 5.74) is 2.29. The van der Waals surface area contributed by atoms with Gasteiger partial charge in [0.15, 0.2) is 0 Å². The van der Waals surface area contributed by atoms with Crippen LogP contribution in [0.2, 0.25) is 5.02 Å². The van der Waals surface area contributed by atoms with Crippen molar-refractivity contribution in [1.82, 2.24) is 4.98 Å².